The highest BCUT2D eigenvalue weighted by Crippen LogP contribution is 2.16. The lowest BCUT2D eigenvalue weighted by Gasteiger charge is -2.03. The van der Waals surface area contributed by atoms with Gasteiger partial charge in [-0.25, -0.2) is 0 Å². The maximum absolute atomic E-state index is 11.7. The van der Waals surface area contributed by atoms with Gasteiger partial charge in [-0.3, -0.25) is 9.59 Å². The fourth-order valence-corrected chi connectivity index (χ4v) is 1.57. The SMILES string of the molecule is COc1ccc2c(=O)cc(C(=O)C=N)[nH]c2c1. The van der Waals surface area contributed by atoms with Crippen LogP contribution in [0.25, 0.3) is 10.9 Å². The van der Waals surface area contributed by atoms with Crippen molar-refractivity contribution in [3.8, 4) is 5.75 Å². The van der Waals surface area contributed by atoms with E-state index in [0.29, 0.717) is 22.9 Å². The number of H-pyrrole nitrogens is 1. The Balaban J connectivity index is 2.74. The molecule has 5 heteroatoms. The molecule has 0 saturated heterocycles. The predicted molar refractivity (Wildman–Crippen MR) is 64.2 cm³/mol. The predicted octanol–water partition coefficient (Wildman–Crippen LogP) is 1.37. The van der Waals surface area contributed by atoms with E-state index in [9.17, 15) is 9.59 Å². The first-order valence-corrected chi connectivity index (χ1v) is 4.91. The number of aromatic amines is 1. The molecule has 0 amide bonds. The van der Waals surface area contributed by atoms with Crippen molar-refractivity contribution < 1.29 is 9.53 Å². The smallest absolute Gasteiger partial charge is 0.219 e. The number of Topliss-reactive ketones (excluding diaryl/α,β-unsaturated/α-hetero) is 1. The molecule has 0 atom stereocenters. The van der Waals surface area contributed by atoms with Crippen molar-refractivity contribution in [3.63, 3.8) is 0 Å². The second-order valence-electron chi connectivity index (χ2n) is 3.47. The van der Waals surface area contributed by atoms with Crippen molar-refractivity contribution in [2.75, 3.05) is 7.11 Å². The molecule has 1 aromatic carbocycles. The number of fused-ring (bicyclic) bond motifs is 1. The molecule has 86 valence electrons. The van der Waals surface area contributed by atoms with Gasteiger partial charge >= 0.3 is 0 Å². The van der Waals surface area contributed by atoms with Gasteiger partial charge in [-0.05, 0) is 12.1 Å². The highest BCUT2D eigenvalue weighted by atomic mass is 16.5. The van der Waals surface area contributed by atoms with Crippen LogP contribution < -0.4 is 10.2 Å². The summed E-state index contributed by atoms with van der Waals surface area (Å²) in [7, 11) is 1.52. The van der Waals surface area contributed by atoms with Crippen LogP contribution in [0.3, 0.4) is 0 Å². The quantitative estimate of drug-likeness (QED) is 0.617. The minimum atomic E-state index is -0.535. The van der Waals surface area contributed by atoms with E-state index < -0.39 is 5.78 Å². The van der Waals surface area contributed by atoms with E-state index in [4.69, 9.17) is 10.1 Å². The molecule has 5 nitrogen and oxygen atoms in total. The van der Waals surface area contributed by atoms with Gasteiger partial charge in [0.1, 0.15) is 5.75 Å². The van der Waals surface area contributed by atoms with E-state index in [1.165, 1.54) is 13.2 Å². The second-order valence-corrected chi connectivity index (χ2v) is 3.47. The summed E-state index contributed by atoms with van der Waals surface area (Å²) in [6, 6.07) is 6.14. The molecule has 2 aromatic rings. The Bertz CT molecular complexity index is 658. The van der Waals surface area contributed by atoms with Crippen LogP contribution in [0.1, 0.15) is 10.5 Å². The van der Waals surface area contributed by atoms with E-state index in [1.807, 2.05) is 0 Å². The van der Waals surface area contributed by atoms with Crippen molar-refractivity contribution in [1.82, 2.24) is 4.98 Å². The second kappa shape index (κ2) is 4.21. The van der Waals surface area contributed by atoms with Gasteiger partial charge in [0.15, 0.2) is 5.43 Å². The molecular formula is C12H10N2O3. The standard InChI is InChI=1S/C12H10N2O3/c1-17-7-2-3-8-9(4-7)14-10(5-11(8)15)12(16)6-13/h2-6,13H,1H3,(H,14,15). The Kier molecular flexibility index (Phi) is 2.74. The lowest BCUT2D eigenvalue weighted by atomic mass is 10.1. The fourth-order valence-electron chi connectivity index (χ4n) is 1.57. The molecule has 2 N–H and O–H groups in total. The van der Waals surface area contributed by atoms with Gasteiger partial charge in [0.2, 0.25) is 5.78 Å². The first kappa shape index (κ1) is 11.1. The van der Waals surface area contributed by atoms with Gasteiger partial charge in [0.05, 0.1) is 24.5 Å². The maximum Gasteiger partial charge on any atom is 0.219 e. The number of hydrogen-bond acceptors (Lipinski definition) is 4. The maximum atomic E-state index is 11.7. The largest absolute Gasteiger partial charge is 0.497 e. The zero-order valence-electron chi connectivity index (χ0n) is 9.11. The molecule has 0 aliphatic carbocycles. The normalized spacial score (nSPS) is 10.2. The van der Waals surface area contributed by atoms with Gasteiger partial charge in [-0.15, -0.1) is 0 Å². The van der Waals surface area contributed by atoms with Crippen LogP contribution in [0, 0.1) is 5.41 Å². The monoisotopic (exact) mass is 230 g/mol. The molecule has 0 spiro atoms. The number of rotatable bonds is 3. The van der Waals surface area contributed by atoms with E-state index >= 15 is 0 Å². The zero-order valence-corrected chi connectivity index (χ0v) is 9.11. The number of benzene rings is 1. The summed E-state index contributed by atoms with van der Waals surface area (Å²) in [5.41, 5.74) is 0.361. The molecule has 0 bridgehead atoms. The molecule has 0 aliphatic heterocycles. The highest BCUT2D eigenvalue weighted by Gasteiger charge is 2.07. The van der Waals surface area contributed by atoms with E-state index in [1.54, 1.807) is 18.2 Å². The topological polar surface area (TPSA) is 83.0 Å². The molecule has 17 heavy (non-hydrogen) atoms. The first-order chi connectivity index (χ1) is 8.15. The highest BCUT2D eigenvalue weighted by molar-refractivity contribution is 6.33. The molecule has 0 aliphatic rings. The van der Waals surface area contributed by atoms with E-state index in [-0.39, 0.29) is 11.1 Å². The fraction of sp³-hybridized carbons (Fsp3) is 0.0833. The van der Waals surface area contributed by atoms with Crippen molar-refractivity contribution >= 4 is 22.9 Å². The number of methoxy groups -OCH3 is 1. The van der Waals surface area contributed by atoms with E-state index in [0.717, 1.165) is 0 Å². The number of pyridine rings is 1. The van der Waals surface area contributed by atoms with Gasteiger partial charge in [0.25, 0.3) is 0 Å². The number of hydrogen-bond donors (Lipinski definition) is 2. The first-order valence-electron chi connectivity index (χ1n) is 4.91. The lowest BCUT2D eigenvalue weighted by Crippen LogP contribution is -2.10. The van der Waals surface area contributed by atoms with E-state index in [2.05, 4.69) is 4.98 Å². The van der Waals surface area contributed by atoms with Crippen molar-refractivity contribution in [1.29, 1.82) is 5.41 Å². The van der Waals surface area contributed by atoms with Gasteiger partial charge in [-0.1, -0.05) is 0 Å². The molecule has 2 rings (SSSR count). The Morgan fingerprint density at radius 2 is 2.18 bits per heavy atom. The van der Waals surface area contributed by atoms with Crippen molar-refractivity contribution in [2.45, 2.75) is 0 Å². The van der Waals surface area contributed by atoms with Gasteiger partial charge < -0.3 is 15.1 Å². The number of ketones is 1. The minimum Gasteiger partial charge on any atom is -0.497 e. The number of carbonyl (C=O) groups is 1. The minimum absolute atomic E-state index is 0.103. The number of carbonyl (C=O) groups excluding carboxylic acids is 1. The van der Waals surface area contributed by atoms with Crippen molar-refractivity contribution in [2.24, 2.45) is 0 Å². The molecule has 1 heterocycles. The molecule has 0 unspecified atom stereocenters. The Morgan fingerprint density at radius 1 is 1.41 bits per heavy atom. The summed E-state index contributed by atoms with van der Waals surface area (Å²) in [5, 5.41) is 7.36. The molecule has 0 radical (unpaired) electrons. The number of nitrogens with one attached hydrogen (secondary N) is 2. The molecular weight excluding hydrogens is 220 g/mol. The van der Waals surface area contributed by atoms with Crippen LogP contribution in [0.5, 0.6) is 5.75 Å². The van der Waals surface area contributed by atoms with Crippen molar-refractivity contribution in [3.05, 3.63) is 40.2 Å². The number of aromatic nitrogens is 1. The van der Waals surface area contributed by atoms with Gasteiger partial charge in [0, 0.05) is 17.5 Å². The number of ether oxygens (including phenoxy) is 1. The summed E-state index contributed by atoms with van der Waals surface area (Å²) in [6.45, 7) is 0. The Hall–Kier alpha value is -2.43. The third-order valence-corrected chi connectivity index (χ3v) is 2.43. The van der Waals surface area contributed by atoms with Crippen LogP contribution in [0.2, 0.25) is 0 Å². The Labute approximate surface area is 96.5 Å². The summed E-state index contributed by atoms with van der Waals surface area (Å²) in [4.78, 5) is 25.9. The lowest BCUT2D eigenvalue weighted by molar-refractivity contribution is 0.106. The zero-order chi connectivity index (χ0) is 12.4. The van der Waals surface area contributed by atoms with Gasteiger partial charge in [-0.2, -0.15) is 0 Å². The van der Waals surface area contributed by atoms with Crippen LogP contribution >= 0.6 is 0 Å². The van der Waals surface area contributed by atoms with Crippen LogP contribution in [-0.4, -0.2) is 24.1 Å². The third-order valence-electron chi connectivity index (χ3n) is 2.43. The summed E-state index contributed by atoms with van der Waals surface area (Å²) >= 11 is 0. The van der Waals surface area contributed by atoms with Crippen LogP contribution in [-0.2, 0) is 0 Å². The van der Waals surface area contributed by atoms with Crippen LogP contribution in [0.4, 0.5) is 0 Å². The summed E-state index contributed by atoms with van der Waals surface area (Å²) in [6.07, 6.45) is 0.664. The molecule has 1 aromatic heterocycles. The molecule has 0 saturated carbocycles. The van der Waals surface area contributed by atoms with Crippen LogP contribution in [0.15, 0.2) is 29.1 Å². The average molecular weight is 230 g/mol. The third kappa shape index (κ3) is 1.94. The molecule has 0 fully saturated rings. The Morgan fingerprint density at radius 3 is 2.82 bits per heavy atom. The average Bonchev–Trinajstić information content (AvgIpc) is 2.36. The summed E-state index contributed by atoms with van der Waals surface area (Å²) < 4.78 is 5.04. The summed E-state index contributed by atoms with van der Waals surface area (Å²) in [5.74, 6) is 0.0550.